The van der Waals surface area contributed by atoms with Gasteiger partial charge in [0, 0.05) is 17.0 Å². The number of hydrogen-bond donors (Lipinski definition) is 1. The van der Waals surface area contributed by atoms with Crippen LogP contribution in [0.3, 0.4) is 0 Å². The summed E-state index contributed by atoms with van der Waals surface area (Å²) < 4.78 is 0. The number of aromatic nitrogens is 2. The van der Waals surface area contributed by atoms with Crippen LogP contribution < -0.4 is 0 Å². The molecule has 4 rings (SSSR count). The van der Waals surface area contributed by atoms with Crippen molar-refractivity contribution < 1.29 is 9.59 Å². The van der Waals surface area contributed by atoms with E-state index in [0.717, 1.165) is 24.2 Å². The average Bonchev–Trinajstić information content (AvgIpc) is 3.15. The highest BCUT2D eigenvalue weighted by atomic mass is 16.2. The van der Waals surface area contributed by atoms with E-state index in [9.17, 15) is 9.59 Å². The van der Waals surface area contributed by atoms with Gasteiger partial charge in [-0.25, -0.2) is 4.98 Å². The second-order valence-electron chi connectivity index (χ2n) is 4.82. The molecule has 2 aromatic rings. The maximum absolute atomic E-state index is 12.0. The second-order valence-corrected chi connectivity index (χ2v) is 4.82. The van der Waals surface area contributed by atoms with Crippen LogP contribution in [0.15, 0.2) is 24.3 Å². The lowest BCUT2D eigenvalue weighted by Crippen LogP contribution is -2.21. The molecule has 1 aromatic carbocycles. The van der Waals surface area contributed by atoms with Crippen LogP contribution in [-0.4, -0.2) is 21.5 Å². The highest BCUT2D eigenvalue weighted by Gasteiger charge is 2.36. The van der Waals surface area contributed by atoms with Crippen LogP contribution in [0, 0.1) is 0 Å². The third-order valence-electron chi connectivity index (χ3n) is 3.55. The molecule has 0 spiro atoms. The molecule has 0 atom stereocenters. The first-order valence-electron chi connectivity index (χ1n) is 6.04. The van der Waals surface area contributed by atoms with Gasteiger partial charge >= 0.3 is 0 Å². The monoisotopic (exact) mass is 238 g/mol. The third kappa shape index (κ3) is 1.17. The molecule has 0 saturated heterocycles. The predicted molar refractivity (Wildman–Crippen MR) is 64.7 cm³/mol. The fourth-order valence-electron chi connectivity index (χ4n) is 2.42. The minimum Gasteiger partial charge on any atom is -0.338 e. The van der Waals surface area contributed by atoms with E-state index in [4.69, 9.17) is 0 Å². The molecule has 0 unspecified atom stereocenters. The lowest BCUT2D eigenvalue weighted by atomic mass is 9.90. The van der Waals surface area contributed by atoms with Crippen LogP contribution in [0.1, 0.15) is 45.4 Å². The van der Waals surface area contributed by atoms with E-state index in [0.29, 0.717) is 22.9 Å². The molecule has 1 aromatic heterocycles. The summed E-state index contributed by atoms with van der Waals surface area (Å²) in [6.07, 6.45) is 2.21. The Balaban J connectivity index is 2.00. The highest BCUT2D eigenvalue weighted by Crippen LogP contribution is 2.41. The number of benzene rings is 1. The van der Waals surface area contributed by atoms with Crippen molar-refractivity contribution in [3.63, 3.8) is 0 Å². The first-order chi connectivity index (χ1) is 8.75. The Morgan fingerprint density at radius 1 is 1.06 bits per heavy atom. The minimum absolute atomic E-state index is 0.362. The van der Waals surface area contributed by atoms with Crippen LogP contribution in [0.2, 0.25) is 0 Å². The number of H-pyrrole nitrogens is 1. The predicted octanol–water partition coefficient (Wildman–Crippen LogP) is 2.33. The van der Waals surface area contributed by atoms with Crippen molar-refractivity contribution in [1.82, 2.24) is 9.97 Å². The van der Waals surface area contributed by atoms with Crippen LogP contribution >= 0.6 is 0 Å². The third-order valence-corrected chi connectivity index (χ3v) is 3.55. The van der Waals surface area contributed by atoms with Gasteiger partial charge in [0.15, 0.2) is 0 Å². The molecule has 1 N–H and O–H groups in total. The van der Waals surface area contributed by atoms with Gasteiger partial charge in [0.05, 0.1) is 0 Å². The van der Waals surface area contributed by atoms with Gasteiger partial charge in [-0.3, -0.25) is 9.59 Å². The van der Waals surface area contributed by atoms with Crippen molar-refractivity contribution in [2.24, 2.45) is 0 Å². The van der Waals surface area contributed by atoms with E-state index in [2.05, 4.69) is 9.97 Å². The Kier molecular flexibility index (Phi) is 1.71. The Hall–Kier alpha value is -2.23. The summed E-state index contributed by atoms with van der Waals surface area (Å²) in [7, 11) is 0. The van der Waals surface area contributed by atoms with Crippen molar-refractivity contribution in [3.8, 4) is 11.3 Å². The van der Waals surface area contributed by atoms with E-state index < -0.39 is 11.6 Å². The summed E-state index contributed by atoms with van der Waals surface area (Å²) in [4.78, 5) is 31.5. The number of nitrogens with zero attached hydrogens (tertiary/aromatic N) is 1. The number of imidazole rings is 1. The summed E-state index contributed by atoms with van der Waals surface area (Å²) in [6, 6.07) is 7.15. The summed E-state index contributed by atoms with van der Waals surface area (Å²) in [6.45, 7) is 0. The fraction of sp³-hybridized carbons (Fsp3) is 0.214. The molecule has 18 heavy (non-hydrogen) atoms. The van der Waals surface area contributed by atoms with Crippen molar-refractivity contribution in [2.75, 3.05) is 0 Å². The van der Waals surface area contributed by atoms with E-state index in [1.165, 1.54) is 0 Å². The van der Waals surface area contributed by atoms with Gasteiger partial charge in [0.2, 0.25) is 5.78 Å². The molecule has 2 aliphatic rings. The molecule has 88 valence electrons. The van der Waals surface area contributed by atoms with Crippen molar-refractivity contribution in [3.05, 3.63) is 41.3 Å². The lowest BCUT2D eigenvalue weighted by molar-refractivity contribution is 0.0812. The van der Waals surface area contributed by atoms with Crippen LogP contribution in [0.4, 0.5) is 0 Å². The lowest BCUT2D eigenvalue weighted by Gasteiger charge is -2.11. The largest absolute Gasteiger partial charge is 0.338 e. The Bertz CT molecular complexity index is 696. The number of nitrogens with one attached hydrogen (secondary N) is 1. The number of fused-ring (bicyclic) bond motifs is 3. The molecule has 0 amide bonds. The van der Waals surface area contributed by atoms with Crippen LogP contribution in [-0.2, 0) is 0 Å². The molecule has 2 aliphatic carbocycles. The molecule has 1 saturated carbocycles. The van der Waals surface area contributed by atoms with Crippen LogP contribution in [0.5, 0.6) is 0 Å². The molecule has 0 radical (unpaired) electrons. The normalized spacial score (nSPS) is 17.6. The molecule has 1 fully saturated rings. The molecule has 1 heterocycles. The molecular formula is C14H10N2O2. The molecule has 0 aliphatic heterocycles. The Morgan fingerprint density at radius 3 is 2.50 bits per heavy atom. The molecule has 4 heteroatoms. The number of hydrogen-bond acceptors (Lipinski definition) is 3. The van der Waals surface area contributed by atoms with E-state index in [1.807, 2.05) is 12.1 Å². The molecule has 0 bridgehead atoms. The average molecular weight is 238 g/mol. The molecular weight excluding hydrogens is 228 g/mol. The van der Waals surface area contributed by atoms with Gasteiger partial charge in [-0.2, -0.15) is 0 Å². The molecule has 4 nitrogen and oxygen atoms in total. The number of aromatic amines is 1. The maximum Gasteiger partial charge on any atom is 0.251 e. The second kappa shape index (κ2) is 3.16. The number of rotatable bonds is 1. The minimum atomic E-state index is -0.469. The van der Waals surface area contributed by atoms with E-state index in [1.54, 1.807) is 12.1 Å². The maximum atomic E-state index is 12.0. The van der Waals surface area contributed by atoms with Gasteiger partial charge in [0.25, 0.3) is 5.78 Å². The zero-order valence-electron chi connectivity index (χ0n) is 9.56. The standard InChI is InChI=1S/C14H10N2O2/c17-12-9-4-2-1-3-8(9)10-11(13(12)18)16-14(15-10)7-5-6-7/h1-4,7H,5-6H2,(H,15,16). The Labute approximate surface area is 103 Å². The van der Waals surface area contributed by atoms with Crippen molar-refractivity contribution in [1.29, 1.82) is 0 Å². The van der Waals surface area contributed by atoms with Gasteiger partial charge in [-0.05, 0) is 12.8 Å². The first kappa shape index (κ1) is 9.76. The number of Topliss-reactive ketones (excluding diaryl/α,β-unsaturated/α-hetero) is 2. The van der Waals surface area contributed by atoms with Gasteiger partial charge in [-0.15, -0.1) is 0 Å². The highest BCUT2D eigenvalue weighted by molar-refractivity contribution is 6.52. The summed E-state index contributed by atoms with van der Waals surface area (Å²) in [5, 5.41) is 0. The SMILES string of the molecule is O=C1C(=O)c2[nH]c(C3CC3)nc2-c2ccccc21. The zero-order valence-corrected chi connectivity index (χ0v) is 9.56. The van der Waals surface area contributed by atoms with Gasteiger partial charge in [-0.1, -0.05) is 24.3 Å². The van der Waals surface area contributed by atoms with Crippen LogP contribution in [0.25, 0.3) is 11.3 Å². The zero-order chi connectivity index (χ0) is 12.3. The fourth-order valence-corrected chi connectivity index (χ4v) is 2.42. The van der Waals surface area contributed by atoms with E-state index >= 15 is 0 Å². The van der Waals surface area contributed by atoms with Gasteiger partial charge < -0.3 is 4.98 Å². The topological polar surface area (TPSA) is 62.8 Å². The summed E-state index contributed by atoms with van der Waals surface area (Å²) in [5.41, 5.74) is 2.22. The quantitative estimate of drug-likeness (QED) is 0.775. The number of ketones is 2. The summed E-state index contributed by atoms with van der Waals surface area (Å²) in [5.74, 6) is 0.371. The smallest absolute Gasteiger partial charge is 0.251 e. The number of carbonyl (C=O) groups excluding carboxylic acids is 2. The number of carbonyl (C=O) groups is 2. The Morgan fingerprint density at radius 2 is 1.78 bits per heavy atom. The van der Waals surface area contributed by atoms with E-state index in [-0.39, 0.29) is 0 Å². The van der Waals surface area contributed by atoms with Gasteiger partial charge in [0.1, 0.15) is 17.2 Å². The van der Waals surface area contributed by atoms with Crippen molar-refractivity contribution in [2.45, 2.75) is 18.8 Å². The van der Waals surface area contributed by atoms with Crippen molar-refractivity contribution >= 4 is 11.6 Å². The summed E-state index contributed by atoms with van der Waals surface area (Å²) >= 11 is 0. The first-order valence-corrected chi connectivity index (χ1v) is 6.04.